The average molecular weight is 414 g/mol. The maximum absolute atomic E-state index is 12.2. The Labute approximate surface area is 173 Å². The van der Waals surface area contributed by atoms with Crippen LogP contribution in [0.3, 0.4) is 0 Å². The molecule has 0 radical (unpaired) electrons. The van der Waals surface area contributed by atoms with Crippen molar-refractivity contribution >= 4 is 35.1 Å². The third kappa shape index (κ3) is 3.75. The second-order valence-electron chi connectivity index (χ2n) is 6.67. The number of nitrogens with one attached hydrogen (secondary N) is 1. The molecule has 1 amide bonds. The Balaban J connectivity index is 1.69. The molecule has 0 spiro atoms. The van der Waals surface area contributed by atoms with Gasteiger partial charge in [-0.2, -0.15) is 5.10 Å². The van der Waals surface area contributed by atoms with Gasteiger partial charge in [0.15, 0.2) is 0 Å². The van der Waals surface area contributed by atoms with E-state index in [4.69, 9.17) is 16.3 Å². The van der Waals surface area contributed by atoms with Crippen LogP contribution in [0, 0.1) is 6.92 Å². The van der Waals surface area contributed by atoms with Crippen molar-refractivity contribution in [2.45, 2.75) is 18.8 Å². The number of rotatable bonds is 4. The maximum atomic E-state index is 12.2. The molecular weight excluding hydrogens is 394 g/mol. The highest BCUT2D eigenvalue weighted by Gasteiger charge is 2.31. The van der Waals surface area contributed by atoms with Gasteiger partial charge in [0, 0.05) is 23.2 Å². The molecule has 2 aromatic carbocycles. The number of benzene rings is 2. The number of carbonyl (C=O) groups is 1. The molecule has 0 bridgehead atoms. The Morgan fingerprint density at radius 2 is 2.11 bits per heavy atom. The average Bonchev–Trinajstić information content (AvgIpc) is 2.85. The lowest BCUT2D eigenvalue weighted by molar-refractivity contribution is -0.113. The zero-order chi connectivity index (χ0) is 19.7. The number of thioether (sulfide) groups is 1. The van der Waals surface area contributed by atoms with Crippen molar-refractivity contribution in [3.05, 3.63) is 75.9 Å². The SMILES string of the molecule is Cc1nn(C)c2c1C(c1ccccc1OCc1cccc(Cl)c1)SCC(=O)N2. The summed E-state index contributed by atoms with van der Waals surface area (Å²) in [4.78, 5) is 12.2. The maximum Gasteiger partial charge on any atom is 0.235 e. The number of para-hydroxylation sites is 1. The fourth-order valence-electron chi connectivity index (χ4n) is 3.41. The van der Waals surface area contributed by atoms with Gasteiger partial charge in [-0.25, -0.2) is 0 Å². The van der Waals surface area contributed by atoms with E-state index in [0.29, 0.717) is 17.4 Å². The Hall–Kier alpha value is -2.44. The lowest BCUT2D eigenvalue weighted by Gasteiger charge is -2.19. The summed E-state index contributed by atoms with van der Waals surface area (Å²) >= 11 is 7.67. The molecule has 1 unspecified atom stereocenters. The third-order valence-corrected chi connectivity index (χ3v) is 6.14. The van der Waals surface area contributed by atoms with E-state index in [1.807, 2.05) is 56.4 Å². The van der Waals surface area contributed by atoms with Gasteiger partial charge in [-0.1, -0.05) is 41.9 Å². The van der Waals surface area contributed by atoms with E-state index in [0.717, 1.165) is 34.0 Å². The molecular formula is C21H20ClN3O2S. The summed E-state index contributed by atoms with van der Waals surface area (Å²) in [5, 5.41) is 8.14. The molecule has 1 aliphatic heterocycles. The first-order chi connectivity index (χ1) is 13.5. The highest BCUT2D eigenvalue weighted by atomic mass is 35.5. The Kier molecular flexibility index (Phi) is 5.33. The lowest BCUT2D eigenvalue weighted by atomic mass is 10.0. The number of hydrogen-bond acceptors (Lipinski definition) is 4. The third-order valence-electron chi connectivity index (χ3n) is 4.65. The van der Waals surface area contributed by atoms with Crippen molar-refractivity contribution in [1.82, 2.24) is 9.78 Å². The van der Waals surface area contributed by atoms with Crippen molar-refractivity contribution in [3.63, 3.8) is 0 Å². The molecule has 0 fully saturated rings. The molecule has 2 heterocycles. The van der Waals surface area contributed by atoms with Gasteiger partial charge < -0.3 is 10.1 Å². The van der Waals surface area contributed by atoms with Crippen LogP contribution in [0.15, 0.2) is 48.5 Å². The normalized spacial score (nSPS) is 16.2. The fraction of sp³-hybridized carbons (Fsp3) is 0.238. The minimum atomic E-state index is -0.0433. The summed E-state index contributed by atoms with van der Waals surface area (Å²) < 4.78 is 7.89. The van der Waals surface area contributed by atoms with E-state index in [1.54, 1.807) is 16.4 Å². The van der Waals surface area contributed by atoms with Gasteiger partial charge in [0.1, 0.15) is 18.2 Å². The molecule has 1 aromatic heterocycles. The minimum absolute atomic E-state index is 0.0194. The van der Waals surface area contributed by atoms with E-state index in [2.05, 4.69) is 16.5 Å². The summed E-state index contributed by atoms with van der Waals surface area (Å²) in [6.07, 6.45) is 0. The number of carbonyl (C=O) groups excluding carboxylic acids is 1. The van der Waals surface area contributed by atoms with Gasteiger partial charge in [-0.3, -0.25) is 9.48 Å². The number of fused-ring (bicyclic) bond motifs is 1. The van der Waals surface area contributed by atoms with Crippen molar-refractivity contribution in [3.8, 4) is 5.75 Å². The van der Waals surface area contributed by atoms with E-state index >= 15 is 0 Å². The molecule has 4 rings (SSSR count). The molecule has 0 saturated carbocycles. The highest BCUT2D eigenvalue weighted by Crippen LogP contribution is 2.45. The first kappa shape index (κ1) is 18.9. The summed E-state index contributed by atoms with van der Waals surface area (Å²) in [6, 6.07) is 15.6. The first-order valence-electron chi connectivity index (χ1n) is 8.94. The molecule has 1 aliphatic rings. The van der Waals surface area contributed by atoms with Crippen LogP contribution in [0.5, 0.6) is 5.75 Å². The van der Waals surface area contributed by atoms with Crippen LogP contribution in [0.4, 0.5) is 5.82 Å². The second kappa shape index (κ2) is 7.89. The largest absolute Gasteiger partial charge is 0.489 e. The van der Waals surface area contributed by atoms with Gasteiger partial charge in [-0.05, 0) is 30.7 Å². The van der Waals surface area contributed by atoms with Crippen LogP contribution in [0.1, 0.15) is 27.6 Å². The fourth-order valence-corrected chi connectivity index (χ4v) is 4.84. The van der Waals surface area contributed by atoms with Gasteiger partial charge in [0.05, 0.1) is 16.7 Å². The summed E-state index contributed by atoms with van der Waals surface area (Å²) in [7, 11) is 1.85. The molecule has 28 heavy (non-hydrogen) atoms. The Morgan fingerprint density at radius 3 is 2.93 bits per heavy atom. The predicted octanol–water partition coefficient (Wildman–Crippen LogP) is 4.74. The number of hydrogen-bond donors (Lipinski definition) is 1. The standard InChI is InChI=1S/C21H20ClN3O2S/c1-13-19-20(28-12-18(26)23-21(19)25(2)24-13)16-8-3-4-9-17(16)27-11-14-6-5-7-15(22)10-14/h3-10,20H,11-12H2,1-2H3,(H,23,26). The summed E-state index contributed by atoms with van der Waals surface area (Å²) in [5.74, 6) is 1.90. The molecule has 144 valence electrons. The van der Waals surface area contributed by atoms with Crippen LogP contribution >= 0.6 is 23.4 Å². The number of ether oxygens (including phenoxy) is 1. The minimum Gasteiger partial charge on any atom is -0.489 e. The van der Waals surface area contributed by atoms with E-state index < -0.39 is 0 Å². The van der Waals surface area contributed by atoms with E-state index in [1.165, 1.54) is 0 Å². The highest BCUT2D eigenvalue weighted by molar-refractivity contribution is 8.00. The molecule has 5 nitrogen and oxygen atoms in total. The molecule has 0 aliphatic carbocycles. The van der Waals surface area contributed by atoms with Crippen LogP contribution in [-0.4, -0.2) is 21.4 Å². The number of anilines is 1. The van der Waals surface area contributed by atoms with Gasteiger partial charge in [0.2, 0.25) is 5.91 Å². The molecule has 1 N–H and O–H groups in total. The molecule has 7 heteroatoms. The van der Waals surface area contributed by atoms with Crippen molar-refractivity contribution in [1.29, 1.82) is 0 Å². The van der Waals surface area contributed by atoms with Crippen molar-refractivity contribution in [2.75, 3.05) is 11.1 Å². The van der Waals surface area contributed by atoms with Crippen LogP contribution in [0.2, 0.25) is 5.02 Å². The lowest BCUT2D eigenvalue weighted by Crippen LogP contribution is -2.15. The predicted molar refractivity (Wildman–Crippen MR) is 113 cm³/mol. The summed E-state index contributed by atoms with van der Waals surface area (Å²) in [5.41, 5.74) is 3.97. The summed E-state index contributed by atoms with van der Waals surface area (Å²) in [6.45, 7) is 2.39. The van der Waals surface area contributed by atoms with E-state index in [9.17, 15) is 4.79 Å². The van der Waals surface area contributed by atoms with Crippen molar-refractivity contribution < 1.29 is 9.53 Å². The Bertz CT molecular complexity index is 1030. The molecule has 3 aromatic rings. The van der Waals surface area contributed by atoms with Gasteiger partial charge in [-0.15, -0.1) is 11.8 Å². The first-order valence-corrected chi connectivity index (χ1v) is 10.4. The quantitative estimate of drug-likeness (QED) is 0.671. The number of aromatic nitrogens is 2. The van der Waals surface area contributed by atoms with E-state index in [-0.39, 0.29) is 11.2 Å². The second-order valence-corrected chi connectivity index (χ2v) is 8.20. The zero-order valence-corrected chi connectivity index (χ0v) is 17.2. The van der Waals surface area contributed by atoms with Gasteiger partial charge >= 0.3 is 0 Å². The molecule has 1 atom stereocenters. The molecule has 0 saturated heterocycles. The zero-order valence-electron chi connectivity index (χ0n) is 15.6. The Morgan fingerprint density at radius 1 is 1.29 bits per heavy atom. The topological polar surface area (TPSA) is 56.2 Å². The van der Waals surface area contributed by atoms with Gasteiger partial charge in [0.25, 0.3) is 0 Å². The monoisotopic (exact) mass is 413 g/mol. The van der Waals surface area contributed by atoms with Crippen molar-refractivity contribution in [2.24, 2.45) is 7.05 Å². The van der Waals surface area contributed by atoms with Crippen LogP contribution in [0.25, 0.3) is 0 Å². The van der Waals surface area contributed by atoms with Crippen LogP contribution < -0.4 is 10.1 Å². The number of nitrogens with zero attached hydrogens (tertiary/aromatic N) is 2. The number of aryl methyl sites for hydroxylation is 2. The smallest absolute Gasteiger partial charge is 0.235 e. The number of halogens is 1. The van der Waals surface area contributed by atoms with Crippen LogP contribution in [-0.2, 0) is 18.4 Å². The number of amides is 1.